The number of nitrogens with zero attached hydrogens (tertiary/aromatic N) is 2. The summed E-state index contributed by atoms with van der Waals surface area (Å²) in [7, 11) is 0. The number of imidazole rings is 1. The summed E-state index contributed by atoms with van der Waals surface area (Å²) in [6, 6.07) is 12.0. The summed E-state index contributed by atoms with van der Waals surface area (Å²) in [4.78, 5) is 15.7. The van der Waals surface area contributed by atoms with Crippen LogP contribution in [-0.2, 0) is 21.8 Å². The second-order valence-electron chi connectivity index (χ2n) is 7.26. The van der Waals surface area contributed by atoms with Gasteiger partial charge in [0.15, 0.2) is 0 Å². The zero-order chi connectivity index (χ0) is 23.3. The molecular weight excluding hydrogens is 487 g/mol. The van der Waals surface area contributed by atoms with E-state index < -0.39 is 5.79 Å². The van der Waals surface area contributed by atoms with E-state index in [1.54, 1.807) is 55.2 Å². The molecule has 2 heterocycles. The summed E-state index contributed by atoms with van der Waals surface area (Å²) < 4.78 is 22.9. The standard InChI is InChI=1S/C22H22Cl2N4O4S/c1-33-27-21(29)26-16-3-5-17(6-4-16)30-11-18-12-31-22(32-18,13-28-9-8-25-14-28)19-7-2-15(23)10-20(19)24/h2-10,14,18H,11-13H2,1H3,(H2,26,27,29). The molecule has 2 amide bonds. The van der Waals surface area contributed by atoms with E-state index in [1.807, 2.05) is 16.8 Å². The molecule has 2 unspecified atom stereocenters. The number of anilines is 1. The summed E-state index contributed by atoms with van der Waals surface area (Å²) in [5.74, 6) is -0.458. The number of nitrogens with one attached hydrogen (secondary N) is 2. The second kappa shape index (κ2) is 10.7. The topological polar surface area (TPSA) is 86.6 Å². The first kappa shape index (κ1) is 23.7. The Morgan fingerprint density at radius 1 is 1.30 bits per heavy atom. The Bertz CT molecular complexity index is 1080. The third-order valence-corrected chi connectivity index (χ3v) is 5.83. The predicted molar refractivity (Wildman–Crippen MR) is 129 cm³/mol. The number of hydrogen-bond acceptors (Lipinski definition) is 6. The van der Waals surface area contributed by atoms with Crippen LogP contribution in [0.25, 0.3) is 0 Å². The largest absolute Gasteiger partial charge is 0.491 e. The van der Waals surface area contributed by atoms with E-state index in [0.29, 0.717) is 40.2 Å². The van der Waals surface area contributed by atoms with E-state index in [2.05, 4.69) is 15.0 Å². The molecule has 1 aliphatic rings. The number of ether oxygens (including phenoxy) is 3. The Kier molecular flexibility index (Phi) is 7.67. The Morgan fingerprint density at radius 2 is 2.12 bits per heavy atom. The highest BCUT2D eigenvalue weighted by atomic mass is 35.5. The maximum atomic E-state index is 11.6. The third-order valence-electron chi connectivity index (χ3n) is 4.89. The smallest absolute Gasteiger partial charge is 0.329 e. The van der Waals surface area contributed by atoms with Crippen LogP contribution in [0.3, 0.4) is 0 Å². The van der Waals surface area contributed by atoms with Gasteiger partial charge in [-0.1, -0.05) is 41.2 Å². The van der Waals surface area contributed by atoms with E-state index in [0.717, 1.165) is 0 Å². The number of rotatable bonds is 8. The van der Waals surface area contributed by atoms with Gasteiger partial charge < -0.3 is 24.1 Å². The van der Waals surface area contributed by atoms with Crippen LogP contribution in [0, 0.1) is 0 Å². The van der Waals surface area contributed by atoms with Crippen molar-refractivity contribution in [2.24, 2.45) is 0 Å². The number of hydrogen-bond donors (Lipinski definition) is 2. The molecule has 0 bridgehead atoms. The average Bonchev–Trinajstić information content (AvgIpc) is 3.44. The summed E-state index contributed by atoms with van der Waals surface area (Å²) in [5.41, 5.74) is 1.34. The van der Waals surface area contributed by atoms with E-state index in [4.69, 9.17) is 37.4 Å². The van der Waals surface area contributed by atoms with Crippen LogP contribution in [0.15, 0.2) is 61.2 Å². The third kappa shape index (κ3) is 5.93. The zero-order valence-electron chi connectivity index (χ0n) is 17.7. The second-order valence-corrected chi connectivity index (χ2v) is 8.71. The first-order valence-electron chi connectivity index (χ1n) is 10.0. The van der Waals surface area contributed by atoms with Crippen LogP contribution in [0.1, 0.15) is 5.56 Å². The summed E-state index contributed by atoms with van der Waals surface area (Å²) in [6.45, 7) is 0.960. The lowest BCUT2D eigenvalue weighted by Crippen LogP contribution is -2.34. The Morgan fingerprint density at radius 3 is 2.82 bits per heavy atom. The fraction of sp³-hybridized carbons (Fsp3) is 0.273. The minimum absolute atomic E-state index is 0.274. The van der Waals surface area contributed by atoms with E-state index >= 15 is 0 Å². The van der Waals surface area contributed by atoms with Crippen LogP contribution in [0.5, 0.6) is 5.75 Å². The van der Waals surface area contributed by atoms with Crippen molar-refractivity contribution in [2.75, 3.05) is 24.8 Å². The van der Waals surface area contributed by atoms with E-state index in [-0.39, 0.29) is 18.7 Å². The highest BCUT2D eigenvalue weighted by Crippen LogP contribution is 2.40. The van der Waals surface area contributed by atoms with Crippen LogP contribution in [-0.4, -0.2) is 41.2 Å². The monoisotopic (exact) mass is 508 g/mol. The van der Waals surface area contributed by atoms with Crippen molar-refractivity contribution in [2.45, 2.75) is 18.4 Å². The van der Waals surface area contributed by atoms with Crippen LogP contribution < -0.4 is 14.8 Å². The molecule has 1 saturated heterocycles. The predicted octanol–water partition coefficient (Wildman–Crippen LogP) is 4.94. The van der Waals surface area contributed by atoms with E-state index in [1.165, 1.54) is 11.9 Å². The first-order chi connectivity index (χ1) is 16.0. The molecule has 0 saturated carbocycles. The van der Waals surface area contributed by atoms with Gasteiger partial charge in [-0.05, 0) is 36.4 Å². The van der Waals surface area contributed by atoms with Gasteiger partial charge >= 0.3 is 6.03 Å². The molecule has 1 fully saturated rings. The molecule has 0 aliphatic carbocycles. The number of urea groups is 1. The number of carbonyl (C=O) groups excluding carboxylic acids is 1. The number of carbonyl (C=O) groups is 1. The molecule has 2 aromatic carbocycles. The fourth-order valence-corrected chi connectivity index (χ4v) is 4.24. The Labute approximate surface area is 205 Å². The molecule has 8 nitrogen and oxygen atoms in total. The molecule has 2 N–H and O–H groups in total. The molecule has 1 aliphatic heterocycles. The van der Waals surface area contributed by atoms with Gasteiger partial charge in [0.05, 0.1) is 24.5 Å². The fourth-order valence-electron chi connectivity index (χ4n) is 3.45. The number of halogens is 2. The molecular formula is C22H22Cl2N4O4S. The lowest BCUT2D eigenvalue weighted by molar-refractivity contribution is -0.189. The first-order valence-corrected chi connectivity index (χ1v) is 12.0. The molecule has 3 aromatic rings. The zero-order valence-corrected chi connectivity index (χ0v) is 20.0. The van der Waals surface area contributed by atoms with Crippen molar-refractivity contribution in [3.8, 4) is 5.75 Å². The van der Waals surface area contributed by atoms with Crippen molar-refractivity contribution in [1.82, 2.24) is 14.3 Å². The summed E-state index contributed by atoms with van der Waals surface area (Å²) >= 11 is 13.8. The lowest BCUT2D eigenvalue weighted by atomic mass is 10.1. The van der Waals surface area contributed by atoms with Crippen molar-refractivity contribution in [3.63, 3.8) is 0 Å². The Balaban J connectivity index is 1.42. The van der Waals surface area contributed by atoms with Crippen LogP contribution >= 0.6 is 35.1 Å². The number of aromatic nitrogens is 2. The van der Waals surface area contributed by atoms with Crippen molar-refractivity contribution < 1.29 is 19.0 Å². The number of benzene rings is 2. The van der Waals surface area contributed by atoms with Crippen LogP contribution in [0.4, 0.5) is 10.5 Å². The minimum Gasteiger partial charge on any atom is -0.491 e. The molecule has 11 heteroatoms. The van der Waals surface area contributed by atoms with Crippen LogP contribution in [0.2, 0.25) is 10.0 Å². The molecule has 2 atom stereocenters. The highest BCUT2D eigenvalue weighted by Gasteiger charge is 2.45. The van der Waals surface area contributed by atoms with Gasteiger partial charge in [-0.2, -0.15) is 0 Å². The van der Waals surface area contributed by atoms with Gasteiger partial charge in [0, 0.05) is 34.9 Å². The molecule has 0 spiro atoms. The van der Waals surface area contributed by atoms with Gasteiger partial charge in [-0.15, -0.1) is 0 Å². The summed E-state index contributed by atoms with van der Waals surface area (Å²) in [6.07, 6.45) is 6.66. The van der Waals surface area contributed by atoms with Gasteiger partial charge in [0.25, 0.3) is 0 Å². The van der Waals surface area contributed by atoms with Gasteiger partial charge in [-0.25, -0.2) is 9.78 Å². The minimum atomic E-state index is -1.10. The molecule has 174 valence electrons. The number of amides is 2. The maximum absolute atomic E-state index is 11.6. The average molecular weight is 509 g/mol. The summed E-state index contributed by atoms with van der Waals surface area (Å²) in [5, 5.41) is 3.71. The molecule has 33 heavy (non-hydrogen) atoms. The molecule has 1 aromatic heterocycles. The quantitative estimate of drug-likeness (QED) is 0.419. The van der Waals surface area contributed by atoms with Gasteiger partial charge in [0.1, 0.15) is 18.5 Å². The van der Waals surface area contributed by atoms with Crippen molar-refractivity contribution in [3.05, 3.63) is 76.8 Å². The normalized spacial score (nSPS) is 19.9. The SMILES string of the molecule is CSNC(=O)Nc1ccc(OCC2COC(Cn3ccnc3)(c3ccc(Cl)cc3Cl)O2)cc1. The Hall–Kier alpha value is -2.43. The van der Waals surface area contributed by atoms with E-state index in [9.17, 15) is 4.79 Å². The highest BCUT2D eigenvalue weighted by molar-refractivity contribution is 7.97. The molecule has 0 radical (unpaired) electrons. The maximum Gasteiger partial charge on any atom is 0.329 e. The lowest BCUT2D eigenvalue weighted by Gasteiger charge is -2.30. The van der Waals surface area contributed by atoms with Gasteiger partial charge in [-0.3, -0.25) is 4.72 Å². The van der Waals surface area contributed by atoms with Crippen molar-refractivity contribution >= 4 is 46.9 Å². The molecule has 4 rings (SSSR count). The van der Waals surface area contributed by atoms with Crippen molar-refractivity contribution in [1.29, 1.82) is 0 Å². The van der Waals surface area contributed by atoms with Gasteiger partial charge in [0.2, 0.25) is 5.79 Å².